The topological polar surface area (TPSA) is 73.8 Å². The number of benzene rings is 1. The standard InChI is InChI=1S/C19H32N4O2S.HI/c1-4-5-12-21-19(20-3)22-14-17-8-10-18(11-9-17)26(24,25)23-13-6-7-16(2)15-23;/h8-11,16H,4-7,12-15H2,1-3H3,(H2,20,21,22);1H. The summed E-state index contributed by atoms with van der Waals surface area (Å²) >= 11 is 0. The quantitative estimate of drug-likeness (QED) is 0.257. The molecular weight excluding hydrogens is 475 g/mol. The maximum Gasteiger partial charge on any atom is 0.243 e. The highest BCUT2D eigenvalue weighted by atomic mass is 127. The first-order chi connectivity index (χ1) is 12.5. The van der Waals surface area contributed by atoms with Crippen LogP contribution < -0.4 is 10.6 Å². The van der Waals surface area contributed by atoms with E-state index in [1.807, 2.05) is 12.1 Å². The lowest BCUT2D eigenvalue weighted by atomic mass is 10.0. The SMILES string of the molecule is CCCCNC(=NC)NCc1ccc(S(=O)(=O)N2CCCC(C)C2)cc1.I. The van der Waals surface area contributed by atoms with Crippen LogP contribution in [-0.4, -0.2) is 45.4 Å². The predicted octanol–water partition coefficient (Wildman–Crippen LogP) is 3.19. The fourth-order valence-corrected chi connectivity index (χ4v) is 4.68. The first-order valence-electron chi connectivity index (χ1n) is 9.51. The molecular formula is C19H33IN4O2S. The van der Waals surface area contributed by atoms with Gasteiger partial charge in [-0.2, -0.15) is 4.31 Å². The van der Waals surface area contributed by atoms with E-state index in [2.05, 4.69) is 29.5 Å². The third kappa shape index (κ3) is 7.23. The van der Waals surface area contributed by atoms with E-state index in [1.165, 1.54) is 0 Å². The van der Waals surface area contributed by atoms with E-state index in [0.29, 0.717) is 30.4 Å². The van der Waals surface area contributed by atoms with Crippen LogP contribution in [0.1, 0.15) is 45.1 Å². The number of halogens is 1. The van der Waals surface area contributed by atoms with Crippen LogP contribution in [0.15, 0.2) is 34.2 Å². The van der Waals surface area contributed by atoms with Gasteiger partial charge in [0.2, 0.25) is 10.0 Å². The Morgan fingerprint density at radius 2 is 1.96 bits per heavy atom. The van der Waals surface area contributed by atoms with Crippen LogP contribution in [0.25, 0.3) is 0 Å². The van der Waals surface area contributed by atoms with Crippen molar-refractivity contribution in [3.8, 4) is 0 Å². The van der Waals surface area contributed by atoms with Crippen LogP contribution in [0.2, 0.25) is 0 Å². The Hall–Kier alpha value is -0.870. The number of rotatable bonds is 7. The number of sulfonamides is 1. The lowest BCUT2D eigenvalue weighted by molar-refractivity contribution is 0.281. The van der Waals surface area contributed by atoms with Gasteiger partial charge in [-0.15, -0.1) is 24.0 Å². The molecule has 2 rings (SSSR count). The number of guanidine groups is 1. The van der Waals surface area contributed by atoms with E-state index >= 15 is 0 Å². The molecule has 0 bridgehead atoms. The van der Waals surface area contributed by atoms with Crippen LogP contribution in [-0.2, 0) is 16.6 Å². The number of nitrogens with zero attached hydrogens (tertiary/aromatic N) is 2. The lowest BCUT2D eigenvalue weighted by Gasteiger charge is -2.30. The second-order valence-corrected chi connectivity index (χ2v) is 8.90. The van der Waals surface area contributed by atoms with Gasteiger partial charge in [0.1, 0.15) is 0 Å². The molecule has 0 radical (unpaired) electrons. The normalized spacial score (nSPS) is 18.6. The molecule has 0 aromatic heterocycles. The molecule has 1 atom stereocenters. The van der Waals surface area contributed by atoms with Crippen molar-refractivity contribution in [2.24, 2.45) is 10.9 Å². The van der Waals surface area contributed by atoms with Crippen molar-refractivity contribution < 1.29 is 8.42 Å². The van der Waals surface area contributed by atoms with Crippen LogP contribution in [0, 0.1) is 5.92 Å². The van der Waals surface area contributed by atoms with Crippen molar-refractivity contribution in [1.82, 2.24) is 14.9 Å². The monoisotopic (exact) mass is 508 g/mol. The molecule has 0 spiro atoms. The van der Waals surface area contributed by atoms with Gasteiger partial charge in [0.05, 0.1) is 4.90 Å². The summed E-state index contributed by atoms with van der Waals surface area (Å²) in [5.41, 5.74) is 1.02. The molecule has 1 aromatic rings. The number of nitrogens with one attached hydrogen (secondary N) is 2. The van der Waals surface area contributed by atoms with Gasteiger partial charge < -0.3 is 10.6 Å². The summed E-state index contributed by atoms with van der Waals surface area (Å²) in [6.45, 7) is 6.99. The van der Waals surface area contributed by atoms with Crippen LogP contribution in [0.5, 0.6) is 0 Å². The van der Waals surface area contributed by atoms with Crippen LogP contribution in [0.4, 0.5) is 0 Å². The zero-order valence-electron chi connectivity index (χ0n) is 16.6. The number of hydrogen-bond acceptors (Lipinski definition) is 3. The van der Waals surface area contributed by atoms with E-state index in [-0.39, 0.29) is 24.0 Å². The molecule has 2 N–H and O–H groups in total. The predicted molar refractivity (Wildman–Crippen MR) is 122 cm³/mol. The first-order valence-corrected chi connectivity index (χ1v) is 10.9. The summed E-state index contributed by atoms with van der Waals surface area (Å²) in [6, 6.07) is 7.15. The Balaban J connectivity index is 0.00000364. The summed E-state index contributed by atoms with van der Waals surface area (Å²) in [4.78, 5) is 4.57. The van der Waals surface area contributed by atoms with Crippen molar-refractivity contribution in [3.05, 3.63) is 29.8 Å². The van der Waals surface area contributed by atoms with E-state index in [0.717, 1.165) is 43.8 Å². The summed E-state index contributed by atoms with van der Waals surface area (Å²) in [6.07, 6.45) is 4.27. The fourth-order valence-electron chi connectivity index (χ4n) is 3.08. The van der Waals surface area contributed by atoms with Gasteiger partial charge in [0.15, 0.2) is 5.96 Å². The largest absolute Gasteiger partial charge is 0.356 e. The third-order valence-corrected chi connectivity index (χ3v) is 6.57. The molecule has 6 nitrogen and oxygen atoms in total. The highest BCUT2D eigenvalue weighted by molar-refractivity contribution is 14.0. The number of unbranched alkanes of at least 4 members (excludes halogenated alkanes) is 1. The van der Waals surface area contributed by atoms with Crippen LogP contribution in [0.3, 0.4) is 0 Å². The molecule has 0 aliphatic carbocycles. The van der Waals surface area contributed by atoms with Crippen molar-refractivity contribution in [1.29, 1.82) is 0 Å². The van der Waals surface area contributed by atoms with Crippen LogP contribution >= 0.6 is 24.0 Å². The summed E-state index contributed by atoms with van der Waals surface area (Å²) in [5.74, 6) is 1.19. The molecule has 1 aromatic carbocycles. The molecule has 1 fully saturated rings. The van der Waals surface area contributed by atoms with Gasteiger partial charge in [0, 0.05) is 33.2 Å². The number of piperidine rings is 1. The van der Waals surface area contributed by atoms with Gasteiger partial charge in [-0.3, -0.25) is 4.99 Å². The molecule has 8 heteroatoms. The molecule has 1 aliphatic heterocycles. The third-order valence-electron chi connectivity index (χ3n) is 4.69. The van der Waals surface area contributed by atoms with E-state index < -0.39 is 10.0 Å². The zero-order chi connectivity index (χ0) is 19.0. The Morgan fingerprint density at radius 3 is 2.56 bits per heavy atom. The molecule has 1 heterocycles. The van der Waals surface area contributed by atoms with Gasteiger partial charge in [-0.25, -0.2) is 8.42 Å². The highest BCUT2D eigenvalue weighted by Gasteiger charge is 2.28. The second-order valence-electron chi connectivity index (χ2n) is 6.96. The van der Waals surface area contributed by atoms with Crippen molar-refractivity contribution in [2.75, 3.05) is 26.7 Å². The summed E-state index contributed by atoms with van der Waals surface area (Å²) < 4.78 is 27.2. The van der Waals surface area contributed by atoms with Crippen molar-refractivity contribution in [3.63, 3.8) is 0 Å². The molecule has 0 amide bonds. The highest BCUT2D eigenvalue weighted by Crippen LogP contribution is 2.23. The smallest absolute Gasteiger partial charge is 0.243 e. The zero-order valence-corrected chi connectivity index (χ0v) is 19.7. The van der Waals surface area contributed by atoms with E-state index in [9.17, 15) is 8.42 Å². The Kier molecular flexibility index (Phi) is 10.6. The van der Waals surface area contributed by atoms with E-state index in [4.69, 9.17) is 0 Å². The lowest BCUT2D eigenvalue weighted by Crippen LogP contribution is -2.39. The molecule has 1 saturated heterocycles. The Labute approximate surface area is 181 Å². The molecule has 0 saturated carbocycles. The number of hydrogen-bond donors (Lipinski definition) is 2. The number of aliphatic imine (C=N–C) groups is 1. The molecule has 1 aliphatic rings. The molecule has 27 heavy (non-hydrogen) atoms. The maximum absolute atomic E-state index is 12.8. The second kappa shape index (κ2) is 11.9. The minimum atomic E-state index is -3.39. The summed E-state index contributed by atoms with van der Waals surface area (Å²) in [5, 5.41) is 6.51. The van der Waals surface area contributed by atoms with Gasteiger partial charge in [-0.05, 0) is 42.9 Å². The van der Waals surface area contributed by atoms with E-state index in [1.54, 1.807) is 23.5 Å². The summed E-state index contributed by atoms with van der Waals surface area (Å²) in [7, 11) is -1.64. The Morgan fingerprint density at radius 1 is 1.26 bits per heavy atom. The van der Waals surface area contributed by atoms with Gasteiger partial charge in [-0.1, -0.05) is 32.4 Å². The molecule has 154 valence electrons. The minimum absolute atomic E-state index is 0. The first kappa shape index (κ1) is 24.2. The van der Waals surface area contributed by atoms with Crippen molar-refractivity contribution in [2.45, 2.75) is 51.0 Å². The average molecular weight is 508 g/mol. The van der Waals surface area contributed by atoms with Gasteiger partial charge >= 0.3 is 0 Å². The molecule has 1 unspecified atom stereocenters. The maximum atomic E-state index is 12.8. The Bertz CT molecular complexity index is 692. The average Bonchev–Trinajstić information content (AvgIpc) is 2.65. The minimum Gasteiger partial charge on any atom is -0.356 e. The fraction of sp³-hybridized carbons (Fsp3) is 0.632. The van der Waals surface area contributed by atoms with Crippen molar-refractivity contribution >= 4 is 40.0 Å². The van der Waals surface area contributed by atoms with Gasteiger partial charge in [0.25, 0.3) is 0 Å².